The number of halogens is 3. The Hall–Kier alpha value is -2.50. The Kier molecular flexibility index (Phi) is 4.83. The molecule has 1 aliphatic carbocycles. The van der Waals surface area contributed by atoms with E-state index in [1.165, 1.54) is 12.1 Å². The number of hydrogen-bond donors (Lipinski definition) is 0. The number of alkyl halides is 3. The molecule has 29 heavy (non-hydrogen) atoms. The van der Waals surface area contributed by atoms with E-state index in [2.05, 4.69) is 15.4 Å². The van der Waals surface area contributed by atoms with Crippen molar-refractivity contribution in [3.8, 4) is 11.4 Å². The molecule has 1 saturated heterocycles. The van der Waals surface area contributed by atoms with Crippen molar-refractivity contribution < 1.29 is 26.4 Å². The molecule has 8 nitrogen and oxygen atoms in total. The number of carbonyl (C=O) groups excluding carboxylic acids is 1. The van der Waals surface area contributed by atoms with E-state index >= 15 is 0 Å². The predicted molar refractivity (Wildman–Crippen MR) is 95.2 cm³/mol. The molecular formula is C17H18F3N5O3S. The van der Waals surface area contributed by atoms with Gasteiger partial charge >= 0.3 is 6.18 Å². The zero-order valence-electron chi connectivity index (χ0n) is 15.2. The highest BCUT2D eigenvalue weighted by Crippen LogP contribution is 2.33. The van der Waals surface area contributed by atoms with Crippen LogP contribution in [-0.2, 0) is 27.4 Å². The highest BCUT2D eigenvalue weighted by atomic mass is 32.2. The molecular weight excluding hydrogens is 411 g/mol. The third kappa shape index (κ3) is 4.41. The maximum absolute atomic E-state index is 12.9. The molecule has 0 spiro atoms. The number of sulfone groups is 1. The Morgan fingerprint density at radius 2 is 1.97 bits per heavy atom. The number of rotatable bonds is 5. The van der Waals surface area contributed by atoms with Gasteiger partial charge in [-0.3, -0.25) is 4.79 Å². The molecule has 1 aliphatic heterocycles. The molecule has 1 aromatic carbocycles. The van der Waals surface area contributed by atoms with Crippen LogP contribution in [0.4, 0.5) is 13.2 Å². The first-order valence-corrected chi connectivity index (χ1v) is 10.9. The van der Waals surface area contributed by atoms with Gasteiger partial charge in [-0.05, 0) is 36.6 Å². The van der Waals surface area contributed by atoms with Crippen LogP contribution in [-0.4, -0.2) is 63.0 Å². The first-order valence-electron chi connectivity index (χ1n) is 9.09. The molecule has 12 heteroatoms. The minimum Gasteiger partial charge on any atom is -0.334 e. The van der Waals surface area contributed by atoms with E-state index in [9.17, 15) is 26.4 Å². The fourth-order valence-electron chi connectivity index (χ4n) is 3.52. The van der Waals surface area contributed by atoms with E-state index in [0.717, 1.165) is 29.8 Å². The maximum atomic E-state index is 12.9. The Labute approximate surface area is 164 Å². The van der Waals surface area contributed by atoms with Gasteiger partial charge in [-0.2, -0.15) is 18.0 Å². The molecule has 1 amide bonds. The molecule has 0 bridgehead atoms. The number of aromatic nitrogens is 4. The van der Waals surface area contributed by atoms with Gasteiger partial charge in [-0.25, -0.2) is 8.42 Å². The van der Waals surface area contributed by atoms with Gasteiger partial charge in [0.2, 0.25) is 11.7 Å². The average Bonchev–Trinajstić information content (AvgIpc) is 3.24. The number of carbonyl (C=O) groups is 1. The lowest BCUT2D eigenvalue weighted by atomic mass is 10.1. The van der Waals surface area contributed by atoms with E-state index in [1.54, 1.807) is 4.90 Å². The van der Waals surface area contributed by atoms with Crippen molar-refractivity contribution in [1.82, 2.24) is 25.1 Å². The van der Waals surface area contributed by atoms with Crippen molar-refractivity contribution in [3.05, 3.63) is 29.8 Å². The summed E-state index contributed by atoms with van der Waals surface area (Å²) in [6.45, 7) is -0.251. The first kappa shape index (κ1) is 19.8. The lowest BCUT2D eigenvalue weighted by molar-refractivity contribution is -0.137. The van der Waals surface area contributed by atoms with Crippen LogP contribution in [0.5, 0.6) is 0 Å². The second-order valence-electron chi connectivity index (χ2n) is 7.31. The van der Waals surface area contributed by atoms with Gasteiger partial charge in [-0.1, -0.05) is 12.1 Å². The van der Waals surface area contributed by atoms with E-state index in [1.807, 2.05) is 0 Å². The van der Waals surface area contributed by atoms with E-state index in [0.29, 0.717) is 6.42 Å². The van der Waals surface area contributed by atoms with Crippen molar-refractivity contribution in [1.29, 1.82) is 0 Å². The second kappa shape index (κ2) is 7.08. The predicted octanol–water partition coefficient (Wildman–Crippen LogP) is 1.54. The number of hydrogen-bond acceptors (Lipinski definition) is 6. The first-order chi connectivity index (χ1) is 13.6. The molecule has 1 aromatic heterocycles. The zero-order chi connectivity index (χ0) is 20.8. The summed E-state index contributed by atoms with van der Waals surface area (Å²) in [5.74, 6) is -0.321. The van der Waals surface area contributed by atoms with Crippen LogP contribution in [0, 0.1) is 0 Å². The van der Waals surface area contributed by atoms with Gasteiger partial charge < -0.3 is 4.90 Å². The summed E-state index contributed by atoms with van der Waals surface area (Å²) in [4.78, 5) is 15.4. The summed E-state index contributed by atoms with van der Waals surface area (Å²) >= 11 is 0. The normalized spacial score (nSPS) is 21.3. The average molecular weight is 429 g/mol. The molecule has 2 aromatic rings. The van der Waals surface area contributed by atoms with Crippen LogP contribution in [0.1, 0.15) is 24.8 Å². The van der Waals surface area contributed by atoms with Gasteiger partial charge in [0.1, 0.15) is 6.54 Å². The molecule has 0 N–H and O–H groups in total. The zero-order valence-corrected chi connectivity index (χ0v) is 16.0. The number of nitrogens with zero attached hydrogens (tertiary/aromatic N) is 5. The molecule has 1 atom stereocenters. The standard InChI is InChI=1S/C17H18F3N5O3S/c18-17(19,20)12-3-1-2-11(8-12)16-21-23-24(22-16)9-15(26)25(13-4-5-13)14-6-7-29(27,28)10-14/h1-3,8,13-14H,4-7,9-10H2/t14-/m0/s1. The lowest BCUT2D eigenvalue weighted by Crippen LogP contribution is -2.44. The summed E-state index contributed by atoms with van der Waals surface area (Å²) in [6, 6.07) is 4.21. The number of tetrazole rings is 1. The van der Waals surface area contributed by atoms with Gasteiger partial charge in [0.05, 0.1) is 17.1 Å². The Morgan fingerprint density at radius 3 is 2.59 bits per heavy atom. The Balaban J connectivity index is 1.49. The molecule has 4 rings (SSSR count). The third-order valence-electron chi connectivity index (χ3n) is 5.01. The summed E-state index contributed by atoms with van der Waals surface area (Å²) < 4.78 is 62.2. The Morgan fingerprint density at radius 1 is 1.21 bits per heavy atom. The molecule has 2 fully saturated rings. The molecule has 156 valence electrons. The maximum Gasteiger partial charge on any atom is 0.416 e. The number of amides is 1. The van der Waals surface area contributed by atoms with E-state index < -0.39 is 21.6 Å². The van der Waals surface area contributed by atoms with Gasteiger partial charge in [0.15, 0.2) is 9.84 Å². The van der Waals surface area contributed by atoms with Crippen molar-refractivity contribution >= 4 is 15.7 Å². The molecule has 2 aliphatic rings. The van der Waals surface area contributed by atoms with E-state index in [-0.39, 0.29) is 47.4 Å². The van der Waals surface area contributed by atoms with Crippen LogP contribution < -0.4 is 0 Å². The lowest BCUT2D eigenvalue weighted by Gasteiger charge is -2.28. The molecule has 2 heterocycles. The van der Waals surface area contributed by atoms with Crippen LogP contribution in [0.15, 0.2) is 24.3 Å². The van der Waals surface area contributed by atoms with Crippen molar-refractivity contribution in [2.45, 2.75) is 44.1 Å². The fourth-order valence-corrected chi connectivity index (χ4v) is 5.23. The fraction of sp³-hybridized carbons (Fsp3) is 0.529. The van der Waals surface area contributed by atoms with Crippen LogP contribution >= 0.6 is 0 Å². The van der Waals surface area contributed by atoms with Crippen molar-refractivity contribution in [3.63, 3.8) is 0 Å². The summed E-state index contributed by atoms with van der Waals surface area (Å²) in [7, 11) is -3.14. The number of benzene rings is 1. The van der Waals surface area contributed by atoms with Gasteiger partial charge in [0.25, 0.3) is 0 Å². The van der Waals surface area contributed by atoms with Crippen molar-refractivity contribution in [2.24, 2.45) is 0 Å². The summed E-state index contributed by atoms with van der Waals surface area (Å²) in [6.07, 6.45) is -2.44. The summed E-state index contributed by atoms with van der Waals surface area (Å²) in [5.41, 5.74) is -0.691. The largest absolute Gasteiger partial charge is 0.416 e. The quantitative estimate of drug-likeness (QED) is 0.715. The van der Waals surface area contributed by atoms with Crippen molar-refractivity contribution in [2.75, 3.05) is 11.5 Å². The highest BCUT2D eigenvalue weighted by Gasteiger charge is 2.42. The topological polar surface area (TPSA) is 98.1 Å². The molecule has 0 radical (unpaired) electrons. The Bertz CT molecular complexity index is 1030. The third-order valence-corrected chi connectivity index (χ3v) is 6.76. The highest BCUT2D eigenvalue weighted by molar-refractivity contribution is 7.91. The van der Waals surface area contributed by atoms with Gasteiger partial charge in [-0.15, -0.1) is 10.2 Å². The monoisotopic (exact) mass is 429 g/mol. The summed E-state index contributed by atoms with van der Waals surface area (Å²) in [5, 5.41) is 11.5. The van der Waals surface area contributed by atoms with Crippen LogP contribution in [0.2, 0.25) is 0 Å². The SMILES string of the molecule is O=C(Cn1nnc(-c2cccc(C(F)(F)F)c2)n1)N(C1CC1)[C@H]1CCS(=O)(=O)C1. The smallest absolute Gasteiger partial charge is 0.334 e. The second-order valence-corrected chi connectivity index (χ2v) is 9.54. The molecule has 1 saturated carbocycles. The minimum atomic E-state index is -4.49. The van der Waals surface area contributed by atoms with Gasteiger partial charge in [0, 0.05) is 17.6 Å². The van der Waals surface area contributed by atoms with Crippen LogP contribution in [0.25, 0.3) is 11.4 Å². The molecule has 0 unspecified atom stereocenters. The van der Waals surface area contributed by atoms with Crippen LogP contribution in [0.3, 0.4) is 0 Å². The van der Waals surface area contributed by atoms with E-state index in [4.69, 9.17) is 0 Å². The minimum absolute atomic E-state index is 0.0206.